The highest BCUT2D eigenvalue weighted by Gasteiger charge is 2.17. The number of ether oxygens (including phenoxy) is 1. The normalized spacial score (nSPS) is 11.4. The van der Waals surface area contributed by atoms with Crippen LogP contribution in [0.4, 0.5) is 17.2 Å². The number of hydrogen-bond donors (Lipinski definition) is 4. The minimum Gasteiger partial charge on any atom is -0.495 e. The van der Waals surface area contributed by atoms with Crippen molar-refractivity contribution in [3.8, 4) is 11.4 Å². The van der Waals surface area contributed by atoms with Crippen LogP contribution in [-0.2, 0) is 0 Å². The van der Waals surface area contributed by atoms with Crippen molar-refractivity contribution in [2.24, 2.45) is 5.10 Å². The Morgan fingerprint density at radius 2 is 1.77 bits per heavy atom. The molecule has 0 unspecified atom stereocenters. The van der Waals surface area contributed by atoms with Gasteiger partial charge in [0, 0.05) is 0 Å². The number of hydrazine groups is 1. The Bertz CT molecular complexity index is 1330. The van der Waals surface area contributed by atoms with E-state index in [9.17, 15) is 4.79 Å². The second-order valence-corrected chi connectivity index (χ2v) is 6.43. The van der Waals surface area contributed by atoms with E-state index >= 15 is 0 Å². The van der Waals surface area contributed by atoms with Crippen molar-refractivity contribution in [1.29, 1.82) is 5.41 Å². The lowest BCUT2D eigenvalue weighted by molar-refractivity contribution is 0.416. The molecule has 11 heteroatoms. The SMILES string of the molecule is COc1ccccc1NNc1c(C)nn(-c2ccccc2)c1N/N=c1/c(=N)nnc1=O. The van der Waals surface area contributed by atoms with Crippen LogP contribution < -0.4 is 37.4 Å². The Morgan fingerprint density at radius 3 is 2.48 bits per heavy atom. The van der Waals surface area contributed by atoms with Crippen molar-refractivity contribution in [3.63, 3.8) is 0 Å². The van der Waals surface area contributed by atoms with Gasteiger partial charge in [-0.1, -0.05) is 30.3 Å². The number of para-hydroxylation sites is 3. The van der Waals surface area contributed by atoms with Crippen LogP contribution in [0, 0.1) is 12.3 Å². The molecule has 0 amide bonds. The van der Waals surface area contributed by atoms with Gasteiger partial charge < -0.3 is 4.74 Å². The van der Waals surface area contributed by atoms with Gasteiger partial charge in [0.15, 0.2) is 11.2 Å². The van der Waals surface area contributed by atoms with Gasteiger partial charge in [0.1, 0.15) is 11.4 Å². The lowest BCUT2D eigenvalue weighted by Crippen LogP contribution is -2.34. The van der Waals surface area contributed by atoms with Gasteiger partial charge in [-0.05, 0) is 31.2 Å². The van der Waals surface area contributed by atoms with Crippen LogP contribution in [0.1, 0.15) is 5.69 Å². The van der Waals surface area contributed by atoms with Crippen molar-refractivity contribution in [2.75, 3.05) is 23.4 Å². The summed E-state index contributed by atoms with van der Waals surface area (Å²) in [6, 6.07) is 16.9. The molecule has 4 N–H and O–H groups in total. The lowest BCUT2D eigenvalue weighted by atomic mass is 10.3. The van der Waals surface area contributed by atoms with Crippen LogP contribution in [0.15, 0.2) is 64.5 Å². The summed E-state index contributed by atoms with van der Waals surface area (Å²) in [7, 11) is 1.59. The molecule has 0 spiro atoms. The third kappa shape index (κ3) is 3.96. The van der Waals surface area contributed by atoms with Crippen LogP contribution in [0.5, 0.6) is 5.75 Å². The Balaban J connectivity index is 1.75. The van der Waals surface area contributed by atoms with E-state index in [1.54, 1.807) is 11.8 Å². The molecule has 31 heavy (non-hydrogen) atoms. The smallest absolute Gasteiger partial charge is 0.319 e. The number of benzene rings is 2. The molecule has 4 aromatic rings. The summed E-state index contributed by atoms with van der Waals surface area (Å²) in [5.74, 6) is 1.11. The van der Waals surface area contributed by atoms with E-state index in [1.807, 2.05) is 61.5 Å². The quantitative estimate of drug-likeness (QED) is 0.327. The van der Waals surface area contributed by atoms with E-state index in [1.165, 1.54) is 0 Å². The van der Waals surface area contributed by atoms with Crippen LogP contribution in [-0.4, -0.2) is 27.1 Å². The minimum absolute atomic E-state index is 0.179. The minimum atomic E-state index is -0.679. The van der Waals surface area contributed by atoms with Crippen molar-refractivity contribution < 1.29 is 4.74 Å². The van der Waals surface area contributed by atoms with Crippen LogP contribution >= 0.6 is 0 Å². The summed E-state index contributed by atoms with van der Waals surface area (Å²) in [5, 5.41) is 22.9. The number of hydrogen-bond acceptors (Lipinski definition) is 10. The fraction of sp³-hybridized carbons (Fsp3) is 0.100. The van der Waals surface area contributed by atoms with Crippen molar-refractivity contribution in [2.45, 2.75) is 6.92 Å². The van der Waals surface area contributed by atoms with Crippen LogP contribution in [0.2, 0.25) is 0 Å². The number of nitrogens with one attached hydrogen (secondary N) is 4. The molecule has 2 heterocycles. The molecule has 0 aliphatic heterocycles. The molecule has 156 valence electrons. The molecule has 0 bridgehead atoms. The maximum Gasteiger partial charge on any atom is 0.319 e. The van der Waals surface area contributed by atoms with Crippen LogP contribution in [0.25, 0.3) is 5.69 Å². The van der Waals surface area contributed by atoms with Gasteiger partial charge in [0.2, 0.25) is 5.49 Å². The van der Waals surface area contributed by atoms with Gasteiger partial charge >= 0.3 is 5.56 Å². The summed E-state index contributed by atoms with van der Waals surface area (Å²) >= 11 is 0. The molecule has 2 aromatic carbocycles. The monoisotopic (exact) mass is 417 g/mol. The second-order valence-electron chi connectivity index (χ2n) is 6.43. The highest BCUT2D eigenvalue weighted by atomic mass is 16.5. The number of nitrogens with zero attached hydrogens (tertiary/aromatic N) is 5. The van der Waals surface area contributed by atoms with Gasteiger partial charge in [-0.25, -0.2) is 4.68 Å². The Hall–Kier alpha value is -4.54. The molecule has 0 saturated carbocycles. The molecular weight excluding hydrogens is 398 g/mol. The molecule has 0 aliphatic carbocycles. The Labute approximate surface area is 176 Å². The maximum absolute atomic E-state index is 11.8. The summed E-state index contributed by atoms with van der Waals surface area (Å²) in [5.41, 5.74) is 10.8. The number of aryl methyl sites for hydroxylation is 1. The number of methoxy groups -OCH3 is 1. The van der Waals surface area contributed by atoms with E-state index in [-0.39, 0.29) is 10.8 Å². The standard InChI is InChI=1S/C20H19N9O2/c1-12-16(23-22-14-10-6-7-11-15(14)31-2)19(26-24-17-18(21)25-27-20(17)30)29(28-12)13-8-4-3-5-9-13/h3-11,21-23,26H,1-2H3/b21-18?,24-17-. The molecule has 0 atom stereocenters. The molecule has 0 fully saturated rings. The molecule has 4 rings (SSSR count). The van der Waals surface area contributed by atoms with Crippen molar-refractivity contribution in [3.05, 3.63) is 81.5 Å². The molecular formula is C20H19N9O2. The zero-order chi connectivity index (χ0) is 21.8. The first kappa shape index (κ1) is 19.8. The molecule has 0 aliphatic rings. The average molecular weight is 417 g/mol. The summed E-state index contributed by atoms with van der Waals surface area (Å²) in [6.07, 6.45) is 0. The lowest BCUT2D eigenvalue weighted by Gasteiger charge is -2.14. The fourth-order valence-corrected chi connectivity index (χ4v) is 2.91. The predicted molar refractivity (Wildman–Crippen MR) is 114 cm³/mol. The van der Waals surface area contributed by atoms with E-state index in [0.29, 0.717) is 22.9 Å². The highest BCUT2D eigenvalue weighted by Crippen LogP contribution is 2.30. The fourth-order valence-electron chi connectivity index (χ4n) is 2.91. The van der Waals surface area contributed by atoms with Crippen LogP contribution in [0.3, 0.4) is 0 Å². The number of anilines is 3. The number of aromatic nitrogens is 4. The molecule has 0 saturated heterocycles. The summed E-state index contributed by atoms with van der Waals surface area (Å²) < 4.78 is 7.01. The van der Waals surface area contributed by atoms with Gasteiger partial charge in [0.25, 0.3) is 0 Å². The molecule has 0 radical (unpaired) electrons. The maximum atomic E-state index is 11.8. The van der Waals surface area contributed by atoms with Gasteiger partial charge in [-0.2, -0.15) is 10.2 Å². The average Bonchev–Trinajstić information content (AvgIpc) is 3.29. The third-order valence-electron chi connectivity index (χ3n) is 4.43. The third-order valence-corrected chi connectivity index (χ3v) is 4.43. The first-order valence-corrected chi connectivity index (χ1v) is 9.27. The van der Waals surface area contributed by atoms with E-state index in [2.05, 4.69) is 36.7 Å². The van der Waals surface area contributed by atoms with E-state index in [4.69, 9.17) is 10.1 Å². The zero-order valence-electron chi connectivity index (χ0n) is 16.7. The van der Waals surface area contributed by atoms with Gasteiger partial charge in [-0.3, -0.25) is 26.5 Å². The first-order chi connectivity index (χ1) is 15.1. The van der Waals surface area contributed by atoms with E-state index in [0.717, 1.165) is 11.4 Å². The van der Waals surface area contributed by atoms with E-state index < -0.39 is 5.56 Å². The van der Waals surface area contributed by atoms with Gasteiger partial charge in [-0.15, -0.1) is 10.2 Å². The summed E-state index contributed by atoms with van der Waals surface area (Å²) in [6.45, 7) is 1.83. The highest BCUT2D eigenvalue weighted by molar-refractivity contribution is 5.72. The molecule has 11 nitrogen and oxygen atoms in total. The second kappa shape index (κ2) is 8.45. The summed E-state index contributed by atoms with van der Waals surface area (Å²) in [4.78, 5) is 11.8. The first-order valence-electron chi connectivity index (χ1n) is 9.27. The number of rotatable bonds is 7. The largest absolute Gasteiger partial charge is 0.495 e. The van der Waals surface area contributed by atoms with Gasteiger partial charge in [0.05, 0.1) is 24.2 Å². The Morgan fingerprint density at radius 1 is 1.03 bits per heavy atom. The topological polar surface area (TPSA) is 142 Å². The zero-order valence-corrected chi connectivity index (χ0v) is 16.7. The van der Waals surface area contributed by atoms with Crippen molar-refractivity contribution in [1.82, 2.24) is 20.0 Å². The van der Waals surface area contributed by atoms with Crippen molar-refractivity contribution >= 4 is 17.2 Å². The predicted octanol–water partition coefficient (Wildman–Crippen LogP) is 1.06. The Kier molecular flexibility index (Phi) is 5.39. The molecule has 2 aromatic heterocycles.